The van der Waals surface area contributed by atoms with E-state index in [4.69, 9.17) is 0 Å². The van der Waals surface area contributed by atoms with E-state index in [9.17, 15) is 19.2 Å². The van der Waals surface area contributed by atoms with E-state index in [2.05, 4.69) is 20.1 Å². The second-order valence-electron chi connectivity index (χ2n) is 4.84. The number of rotatable bonds is 9. The van der Waals surface area contributed by atoms with Gasteiger partial charge in [0.1, 0.15) is 12.1 Å². The summed E-state index contributed by atoms with van der Waals surface area (Å²) in [6.07, 6.45) is 1.93. The smallest absolute Gasteiger partial charge is 0.328 e. The highest BCUT2D eigenvalue weighted by Crippen LogP contribution is 2.09. The lowest BCUT2D eigenvalue weighted by Crippen LogP contribution is -2.41. The summed E-state index contributed by atoms with van der Waals surface area (Å²) >= 11 is 0. The second kappa shape index (κ2) is 10.6. The quantitative estimate of drug-likeness (QED) is 0.454. The minimum atomic E-state index is -0.708. The summed E-state index contributed by atoms with van der Waals surface area (Å²) in [7, 11) is 2.50. The van der Waals surface area contributed by atoms with Crippen LogP contribution in [0.5, 0.6) is 0 Å². The monoisotopic (exact) mass is 316 g/mol. The number of nitrogens with one attached hydrogen (secondary N) is 2. The number of carbonyl (C=O) groups is 4. The van der Waals surface area contributed by atoms with Crippen LogP contribution in [-0.2, 0) is 28.7 Å². The molecule has 8 heteroatoms. The minimum Gasteiger partial charge on any atom is -0.467 e. The van der Waals surface area contributed by atoms with E-state index in [0.717, 1.165) is 0 Å². The van der Waals surface area contributed by atoms with E-state index in [0.29, 0.717) is 25.7 Å². The van der Waals surface area contributed by atoms with Gasteiger partial charge in [0.15, 0.2) is 0 Å². The molecule has 126 valence electrons. The van der Waals surface area contributed by atoms with Gasteiger partial charge in [-0.05, 0) is 12.8 Å². The molecule has 0 aliphatic carbocycles. The maximum absolute atomic E-state index is 11.5. The molecular formula is C14H24N2O6. The van der Waals surface area contributed by atoms with Crippen LogP contribution >= 0.6 is 0 Å². The highest BCUT2D eigenvalue weighted by Gasteiger charge is 2.22. The fourth-order valence-corrected chi connectivity index (χ4v) is 1.97. The van der Waals surface area contributed by atoms with Crippen molar-refractivity contribution in [3.63, 3.8) is 0 Å². The summed E-state index contributed by atoms with van der Waals surface area (Å²) in [4.78, 5) is 45.1. The van der Waals surface area contributed by atoms with Crippen molar-refractivity contribution in [3.8, 4) is 0 Å². The molecule has 0 radical (unpaired) electrons. The van der Waals surface area contributed by atoms with E-state index in [1.807, 2.05) is 0 Å². The number of esters is 2. The van der Waals surface area contributed by atoms with Gasteiger partial charge in [0.05, 0.1) is 14.2 Å². The molecule has 0 bridgehead atoms. The van der Waals surface area contributed by atoms with Crippen LogP contribution in [0.2, 0.25) is 0 Å². The molecule has 0 saturated heterocycles. The predicted octanol–water partition coefficient (Wildman–Crippen LogP) is -0.0978. The first-order valence-corrected chi connectivity index (χ1v) is 7.01. The second-order valence-corrected chi connectivity index (χ2v) is 4.84. The van der Waals surface area contributed by atoms with Crippen molar-refractivity contribution >= 4 is 23.8 Å². The van der Waals surface area contributed by atoms with Crippen molar-refractivity contribution in [2.24, 2.45) is 0 Å². The molecule has 0 spiro atoms. The van der Waals surface area contributed by atoms with Gasteiger partial charge in [-0.15, -0.1) is 0 Å². The average Bonchev–Trinajstić information content (AvgIpc) is 2.46. The maximum atomic E-state index is 11.5. The third-order valence-corrected chi connectivity index (χ3v) is 2.96. The van der Waals surface area contributed by atoms with Crippen molar-refractivity contribution in [3.05, 3.63) is 0 Å². The van der Waals surface area contributed by atoms with E-state index in [1.165, 1.54) is 28.1 Å². The number of amides is 2. The van der Waals surface area contributed by atoms with Gasteiger partial charge in [-0.3, -0.25) is 9.59 Å². The maximum Gasteiger partial charge on any atom is 0.328 e. The lowest BCUT2D eigenvalue weighted by molar-refractivity contribution is -0.145. The van der Waals surface area contributed by atoms with Gasteiger partial charge in [-0.25, -0.2) is 9.59 Å². The molecule has 0 aromatic heterocycles. The van der Waals surface area contributed by atoms with Gasteiger partial charge < -0.3 is 20.1 Å². The molecular weight excluding hydrogens is 292 g/mol. The average molecular weight is 316 g/mol. The van der Waals surface area contributed by atoms with Crippen molar-refractivity contribution in [2.75, 3.05) is 14.2 Å². The molecule has 2 atom stereocenters. The predicted molar refractivity (Wildman–Crippen MR) is 77.7 cm³/mol. The van der Waals surface area contributed by atoms with E-state index in [-0.39, 0.29) is 11.8 Å². The molecule has 22 heavy (non-hydrogen) atoms. The molecule has 8 nitrogen and oxygen atoms in total. The zero-order valence-corrected chi connectivity index (χ0v) is 13.4. The van der Waals surface area contributed by atoms with Crippen LogP contribution in [0.4, 0.5) is 0 Å². The van der Waals surface area contributed by atoms with Crippen LogP contribution in [0.25, 0.3) is 0 Å². The molecule has 0 unspecified atom stereocenters. The van der Waals surface area contributed by atoms with Crippen LogP contribution in [0, 0.1) is 0 Å². The van der Waals surface area contributed by atoms with Crippen LogP contribution in [-0.4, -0.2) is 50.1 Å². The van der Waals surface area contributed by atoms with Crippen molar-refractivity contribution in [2.45, 2.75) is 51.6 Å². The fraction of sp³-hybridized carbons (Fsp3) is 0.714. The largest absolute Gasteiger partial charge is 0.467 e. The lowest BCUT2D eigenvalue weighted by atomic mass is 10.0. The molecule has 2 amide bonds. The Morgan fingerprint density at radius 3 is 1.32 bits per heavy atom. The first-order chi connectivity index (χ1) is 10.3. The number of unbranched alkanes of at least 4 members (excludes halogenated alkanes) is 1. The summed E-state index contributed by atoms with van der Waals surface area (Å²) in [5, 5.41) is 5.02. The molecule has 0 aliphatic heterocycles. The Hall–Kier alpha value is -2.12. The third kappa shape index (κ3) is 8.23. The van der Waals surface area contributed by atoms with Gasteiger partial charge >= 0.3 is 11.9 Å². The molecule has 0 rings (SSSR count). The highest BCUT2D eigenvalue weighted by atomic mass is 16.5. The summed E-state index contributed by atoms with van der Waals surface area (Å²) in [6.45, 7) is 2.64. The molecule has 2 N–H and O–H groups in total. The standard InChI is InChI=1S/C14H24N2O6/c1-9(17)15-11(13(19)21-3)7-5-6-8-12(14(20)22-4)16-10(2)18/h11-12H,5-8H2,1-4H3,(H,15,17)(H,16,18)/t11-,12+. The number of carbonyl (C=O) groups excluding carboxylic acids is 4. The van der Waals surface area contributed by atoms with Crippen molar-refractivity contribution in [1.29, 1.82) is 0 Å². The number of methoxy groups -OCH3 is 2. The molecule has 0 heterocycles. The zero-order chi connectivity index (χ0) is 17.1. The first kappa shape index (κ1) is 19.9. The van der Waals surface area contributed by atoms with Crippen LogP contribution in [0.3, 0.4) is 0 Å². The Bertz CT molecular complexity index is 372. The minimum absolute atomic E-state index is 0.318. The number of hydrogen-bond acceptors (Lipinski definition) is 6. The van der Waals surface area contributed by atoms with Crippen LogP contribution in [0.15, 0.2) is 0 Å². The Balaban J connectivity index is 4.33. The van der Waals surface area contributed by atoms with Gasteiger partial charge in [0.2, 0.25) is 11.8 Å². The summed E-state index contributed by atoms with van der Waals surface area (Å²) < 4.78 is 9.23. The Kier molecular flexibility index (Phi) is 9.56. The van der Waals surface area contributed by atoms with E-state index >= 15 is 0 Å². The van der Waals surface area contributed by atoms with E-state index < -0.39 is 24.0 Å². The molecule has 0 aromatic rings. The van der Waals surface area contributed by atoms with E-state index in [1.54, 1.807) is 0 Å². The first-order valence-electron chi connectivity index (χ1n) is 7.01. The number of hydrogen-bond donors (Lipinski definition) is 2. The van der Waals surface area contributed by atoms with Crippen molar-refractivity contribution in [1.82, 2.24) is 10.6 Å². The van der Waals surface area contributed by atoms with Gasteiger partial charge in [-0.2, -0.15) is 0 Å². The molecule has 0 saturated carbocycles. The fourth-order valence-electron chi connectivity index (χ4n) is 1.97. The SMILES string of the molecule is COC(=O)[C@H](CCCC[C@@H](NC(C)=O)C(=O)OC)NC(C)=O. The molecule has 0 fully saturated rings. The summed E-state index contributed by atoms with van der Waals surface area (Å²) in [5.41, 5.74) is 0. The van der Waals surface area contributed by atoms with Crippen LogP contribution in [0.1, 0.15) is 39.5 Å². The lowest BCUT2D eigenvalue weighted by Gasteiger charge is -2.17. The Labute approximate surface area is 129 Å². The Morgan fingerprint density at radius 2 is 1.09 bits per heavy atom. The highest BCUT2D eigenvalue weighted by molar-refractivity contribution is 5.83. The van der Waals surface area contributed by atoms with Gasteiger partial charge in [0, 0.05) is 13.8 Å². The number of ether oxygens (including phenoxy) is 2. The normalized spacial score (nSPS) is 12.7. The molecule has 0 aromatic carbocycles. The third-order valence-electron chi connectivity index (χ3n) is 2.96. The zero-order valence-electron chi connectivity index (χ0n) is 13.4. The Morgan fingerprint density at radius 1 is 0.773 bits per heavy atom. The van der Waals surface area contributed by atoms with Gasteiger partial charge in [0.25, 0.3) is 0 Å². The van der Waals surface area contributed by atoms with Gasteiger partial charge in [-0.1, -0.05) is 12.8 Å². The van der Waals surface area contributed by atoms with Crippen molar-refractivity contribution < 1.29 is 28.7 Å². The molecule has 0 aliphatic rings. The topological polar surface area (TPSA) is 111 Å². The van der Waals surface area contributed by atoms with Crippen LogP contribution < -0.4 is 10.6 Å². The summed E-state index contributed by atoms with van der Waals surface area (Å²) in [6, 6.07) is -1.42. The summed E-state index contributed by atoms with van der Waals surface area (Å²) in [5.74, 6) is -1.66.